The first-order valence-electron chi connectivity index (χ1n) is 5.62. The van der Waals surface area contributed by atoms with Crippen molar-refractivity contribution in [1.29, 1.82) is 0 Å². The lowest BCUT2D eigenvalue weighted by Crippen LogP contribution is -2.41. The number of carbonyl (C=O) groups excluding carboxylic acids is 1. The summed E-state index contributed by atoms with van der Waals surface area (Å²) in [6, 6.07) is 12.9. The van der Waals surface area contributed by atoms with Gasteiger partial charge in [0, 0.05) is 5.56 Å². The fourth-order valence-corrected chi connectivity index (χ4v) is 2.41. The molecular formula is C13H11FN2O3S. The molecule has 0 aliphatic carbocycles. The Hall–Kier alpha value is -2.25. The molecule has 20 heavy (non-hydrogen) atoms. The van der Waals surface area contributed by atoms with Crippen molar-refractivity contribution in [3.8, 4) is 0 Å². The van der Waals surface area contributed by atoms with Gasteiger partial charge in [-0.3, -0.25) is 10.2 Å². The molecule has 2 N–H and O–H groups in total. The van der Waals surface area contributed by atoms with Crippen molar-refractivity contribution in [1.82, 2.24) is 10.3 Å². The van der Waals surface area contributed by atoms with Crippen molar-refractivity contribution in [2.45, 2.75) is 4.90 Å². The molecule has 7 heteroatoms. The van der Waals surface area contributed by atoms with Gasteiger partial charge in [-0.2, -0.15) is 0 Å². The van der Waals surface area contributed by atoms with Crippen LogP contribution in [0.2, 0.25) is 0 Å². The first-order chi connectivity index (χ1) is 9.50. The summed E-state index contributed by atoms with van der Waals surface area (Å²) in [7, 11) is -4.15. The first-order valence-corrected chi connectivity index (χ1v) is 7.11. The van der Waals surface area contributed by atoms with Crippen LogP contribution in [-0.2, 0) is 10.0 Å². The molecule has 1 amide bonds. The Balaban J connectivity index is 2.11. The van der Waals surface area contributed by atoms with Gasteiger partial charge in [-0.25, -0.2) is 12.8 Å². The minimum absolute atomic E-state index is 0.281. The maximum absolute atomic E-state index is 13.4. The van der Waals surface area contributed by atoms with Crippen LogP contribution in [0.1, 0.15) is 10.4 Å². The van der Waals surface area contributed by atoms with Gasteiger partial charge in [0.15, 0.2) is 0 Å². The molecule has 0 bridgehead atoms. The van der Waals surface area contributed by atoms with Gasteiger partial charge in [0.05, 0.1) is 0 Å². The summed E-state index contributed by atoms with van der Waals surface area (Å²) in [5.41, 5.74) is 2.30. The minimum Gasteiger partial charge on any atom is -0.273 e. The maximum atomic E-state index is 13.4. The highest BCUT2D eigenvalue weighted by Crippen LogP contribution is 2.12. The van der Waals surface area contributed by atoms with E-state index in [4.69, 9.17) is 0 Å². The van der Waals surface area contributed by atoms with Crippen LogP contribution in [-0.4, -0.2) is 14.3 Å². The van der Waals surface area contributed by atoms with E-state index in [9.17, 15) is 17.6 Å². The van der Waals surface area contributed by atoms with Crippen molar-refractivity contribution in [2.75, 3.05) is 0 Å². The minimum atomic E-state index is -4.15. The van der Waals surface area contributed by atoms with Gasteiger partial charge in [0.25, 0.3) is 15.9 Å². The van der Waals surface area contributed by atoms with E-state index in [2.05, 4.69) is 0 Å². The van der Waals surface area contributed by atoms with Crippen molar-refractivity contribution in [3.63, 3.8) is 0 Å². The molecule has 0 saturated carbocycles. The third kappa shape index (κ3) is 3.19. The molecule has 0 unspecified atom stereocenters. The number of benzene rings is 2. The molecule has 0 atom stereocenters. The van der Waals surface area contributed by atoms with Crippen molar-refractivity contribution < 1.29 is 17.6 Å². The van der Waals surface area contributed by atoms with E-state index in [1.807, 2.05) is 10.3 Å². The Morgan fingerprint density at radius 2 is 1.55 bits per heavy atom. The molecule has 2 aromatic carbocycles. The number of hydrogen-bond donors (Lipinski definition) is 2. The molecule has 0 aliphatic heterocycles. The Morgan fingerprint density at radius 1 is 0.950 bits per heavy atom. The van der Waals surface area contributed by atoms with Gasteiger partial charge < -0.3 is 0 Å². The second-order valence-corrected chi connectivity index (χ2v) is 5.51. The van der Waals surface area contributed by atoms with Crippen molar-refractivity contribution in [3.05, 3.63) is 66.0 Å². The quantitative estimate of drug-likeness (QED) is 0.838. The Bertz CT molecular complexity index is 717. The van der Waals surface area contributed by atoms with Gasteiger partial charge >= 0.3 is 0 Å². The maximum Gasteiger partial charge on any atom is 0.266 e. The Morgan fingerprint density at radius 3 is 2.20 bits per heavy atom. The number of sulfonamides is 1. The van der Waals surface area contributed by atoms with Crippen LogP contribution < -0.4 is 10.3 Å². The van der Waals surface area contributed by atoms with Crippen LogP contribution in [0.4, 0.5) is 4.39 Å². The van der Waals surface area contributed by atoms with Gasteiger partial charge in [-0.1, -0.05) is 30.3 Å². The lowest BCUT2D eigenvalue weighted by molar-refractivity contribution is 0.0945. The highest BCUT2D eigenvalue weighted by atomic mass is 32.2. The van der Waals surface area contributed by atoms with Gasteiger partial charge in [0.2, 0.25) is 0 Å². The Labute approximate surface area is 115 Å². The van der Waals surface area contributed by atoms with E-state index in [1.54, 1.807) is 18.2 Å². The second-order valence-electron chi connectivity index (χ2n) is 3.86. The van der Waals surface area contributed by atoms with Crippen LogP contribution in [0.3, 0.4) is 0 Å². The van der Waals surface area contributed by atoms with Gasteiger partial charge in [0.1, 0.15) is 10.7 Å². The summed E-state index contributed by atoms with van der Waals surface area (Å²) >= 11 is 0. The average Bonchev–Trinajstić information content (AvgIpc) is 2.46. The van der Waals surface area contributed by atoms with Crippen LogP contribution in [0.15, 0.2) is 59.5 Å². The van der Waals surface area contributed by atoms with E-state index in [0.29, 0.717) is 0 Å². The number of hydrazine groups is 1. The third-order valence-corrected chi connectivity index (χ3v) is 3.74. The smallest absolute Gasteiger partial charge is 0.266 e. The number of rotatable bonds is 4. The summed E-state index contributed by atoms with van der Waals surface area (Å²) in [5.74, 6) is -1.53. The number of hydrogen-bond acceptors (Lipinski definition) is 3. The lowest BCUT2D eigenvalue weighted by Gasteiger charge is -2.08. The summed E-state index contributed by atoms with van der Waals surface area (Å²) in [6.07, 6.45) is 0. The number of halogens is 1. The molecule has 5 nitrogen and oxygen atoms in total. The fourth-order valence-electron chi connectivity index (χ4n) is 1.49. The summed E-state index contributed by atoms with van der Waals surface area (Å²) in [6.45, 7) is 0. The van der Waals surface area contributed by atoms with E-state index < -0.39 is 26.6 Å². The molecule has 0 aliphatic rings. The number of amides is 1. The van der Waals surface area contributed by atoms with Gasteiger partial charge in [-0.05, 0) is 24.3 Å². The average molecular weight is 294 g/mol. The van der Waals surface area contributed by atoms with Crippen LogP contribution in [0.5, 0.6) is 0 Å². The van der Waals surface area contributed by atoms with Crippen LogP contribution in [0.25, 0.3) is 0 Å². The molecular weight excluding hydrogens is 283 g/mol. The first kappa shape index (κ1) is 14.2. The van der Waals surface area contributed by atoms with Crippen LogP contribution in [0, 0.1) is 5.82 Å². The van der Waals surface area contributed by atoms with Crippen LogP contribution >= 0.6 is 0 Å². The normalized spacial score (nSPS) is 11.1. The predicted octanol–water partition coefficient (Wildman–Crippen LogP) is 1.45. The SMILES string of the molecule is O=C(NNS(=O)(=O)c1ccccc1F)c1ccccc1. The summed E-state index contributed by atoms with van der Waals surface area (Å²) < 4.78 is 37.0. The lowest BCUT2D eigenvalue weighted by atomic mass is 10.2. The molecule has 2 rings (SSSR count). The second kappa shape index (κ2) is 5.81. The summed E-state index contributed by atoms with van der Waals surface area (Å²) in [5, 5.41) is 0. The molecule has 0 aromatic heterocycles. The highest BCUT2D eigenvalue weighted by molar-refractivity contribution is 7.89. The monoisotopic (exact) mass is 294 g/mol. The largest absolute Gasteiger partial charge is 0.273 e. The molecule has 104 valence electrons. The highest BCUT2D eigenvalue weighted by Gasteiger charge is 2.19. The van der Waals surface area contributed by atoms with Crippen molar-refractivity contribution in [2.24, 2.45) is 0 Å². The summed E-state index contributed by atoms with van der Waals surface area (Å²) in [4.78, 5) is 13.0. The van der Waals surface area contributed by atoms with Gasteiger partial charge in [-0.15, -0.1) is 4.83 Å². The van der Waals surface area contributed by atoms with E-state index in [-0.39, 0.29) is 5.56 Å². The number of nitrogens with one attached hydrogen (secondary N) is 2. The van der Waals surface area contributed by atoms with E-state index >= 15 is 0 Å². The Kier molecular flexibility index (Phi) is 4.11. The predicted molar refractivity (Wildman–Crippen MR) is 70.6 cm³/mol. The molecule has 0 spiro atoms. The zero-order valence-electron chi connectivity index (χ0n) is 10.2. The molecule has 2 aromatic rings. The fraction of sp³-hybridized carbons (Fsp3) is 0. The molecule has 0 fully saturated rings. The standard InChI is InChI=1S/C13H11FN2O3S/c14-11-8-4-5-9-12(11)20(18,19)16-15-13(17)10-6-2-1-3-7-10/h1-9,16H,(H,15,17). The topological polar surface area (TPSA) is 75.3 Å². The molecule has 0 heterocycles. The van der Waals surface area contributed by atoms with Crippen molar-refractivity contribution >= 4 is 15.9 Å². The van der Waals surface area contributed by atoms with E-state index in [1.165, 1.54) is 24.3 Å². The third-order valence-electron chi connectivity index (χ3n) is 2.46. The molecule has 0 radical (unpaired) electrons. The molecule has 0 saturated heterocycles. The zero-order chi connectivity index (χ0) is 14.6. The number of carbonyl (C=O) groups is 1. The van der Waals surface area contributed by atoms with E-state index in [0.717, 1.165) is 12.1 Å². The zero-order valence-corrected chi connectivity index (χ0v) is 11.0.